The van der Waals surface area contributed by atoms with Crippen LogP contribution in [0, 0.1) is 5.82 Å². The van der Waals surface area contributed by atoms with Crippen LogP contribution in [0.3, 0.4) is 0 Å². The summed E-state index contributed by atoms with van der Waals surface area (Å²) in [4.78, 5) is 4.76. The summed E-state index contributed by atoms with van der Waals surface area (Å²) >= 11 is 0. The number of nitrogens with zero attached hydrogens (tertiary/aromatic N) is 2. The zero-order valence-corrected chi connectivity index (χ0v) is 12.9. The Kier molecular flexibility index (Phi) is 4.47. The molecule has 1 aliphatic heterocycles. The number of rotatable bonds is 3. The highest BCUT2D eigenvalue weighted by atomic mass is 19.1. The largest absolute Gasteiger partial charge is 0.326 e. The van der Waals surface area contributed by atoms with Crippen molar-refractivity contribution in [2.45, 2.75) is 38.4 Å². The predicted molar refractivity (Wildman–Crippen MR) is 81.1 cm³/mol. The van der Waals surface area contributed by atoms with Crippen molar-refractivity contribution in [3.63, 3.8) is 0 Å². The van der Waals surface area contributed by atoms with Crippen molar-refractivity contribution in [1.29, 1.82) is 0 Å². The van der Waals surface area contributed by atoms with Crippen LogP contribution in [-0.2, 0) is 0 Å². The van der Waals surface area contributed by atoms with Gasteiger partial charge in [0.2, 0.25) is 0 Å². The molecule has 3 nitrogen and oxygen atoms in total. The van der Waals surface area contributed by atoms with Gasteiger partial charge < -0.3 is 5.73 Å². The number of halogens is 1. The Bertz CT molecular complexity index is 459. The fourth-order valence-electron chi connectivity index (χ4n) is 3.05. The highest BCUT2D eigenvalue weighted by molar-refractivity contribution is 5.22. The summed E-state index contributed by atoms with van der Waals surface area (Å²) in [5, 5.41) is 0. The number of nitrogens with two attached hydrogens (primary N) is 1. The van der Waals surface area contributed by atoms with Crippen LogP contribution in [-0.4, -0.2) is 48.1 Å². The van der Waals surface area contributed by atoms with Gasteiger partial charge in [-0.3, -0.25) is 9.80 Å². The molecule has 0 aromatic heterocycles. The molecule has 1 fully saturated rings. The Morgan fingerprint density at radius 1 is 1.30 bits per heavy atom. The van der Waals surface area contributed by atoms with E-state index in [9.17, 15) is 4.39 Å². The van der Waals surface area contributed by atoms with Crippen LogP contribution in [0.1, 0.15) is 32.4 Å². The summed E-state index contributed by atoms with van der Waals surface area (Å²) in [6, 6.07) is 6.87. The van der Waals surface area contributed by atoms with Gasteiger partial charge in [0.05, 0.1) is 0 Å². The van der Waals surface area contributed by atoms with E-state index in [-0.39, 0.29) is 23.4 Å². The molecule has 0 spiro atoms. The van der Waals surface area contributed by atoms with Gasteiger partial charge in [0.1, 0.15) is 5.82 Å². The minimum atomic E-state index is -0.193. The van der Waals surface area contributed by atoms with Crippen LogP contribution in [0.4, 0.5) is 4.39 Å². The van der Waals surface area contributed by atoms with Crippen molar-refractivity contribution < 1.29 is 4.39 Å². The molecule has 0 amide bonds. The second-order valence-corrected chi connectivity index (χ2v) is 6.56. The Morgan fingerprint density at radius 2 is 2.00 bits per heavy atom. The molecule has 1 saturated heterocycles. The first-order valence-electron chi connectivity index (χ1n) is 7.27. The topological polar surface area (TPSA) is 32.5 Å². The van der Waals surface area contributed by atoms with E-state index in [1.807, 2.05) is 13.0 Å². The molecule has 1 aromatic rings. The molecule has 0 bridgehead atoms. The molecule has 2 atom stereocenters. The van der Waals surface area contributed by atoms with E-state index in [1.165, 1.54) is 6.07 Å². The Hall–Kier alpha value is -0.970. The lowest BCUT2D eigenvalue weighted by atomic mass is 9.93. The zero-order valence-electron chi connectivity index (χ0n) is 12.9. The van der Waals surface area contributed by atoms with Gasteiger partial charge in [-0.25, -0.2) is 4.39 Å². The Morgan fingerprint density at radius 3 is 2.55 bits per heavy atom. The van der Waals surface area contributed by atoms with E-state index in [4.69, 9.17) is 5.73 Å². The van der Waals surface area contributed by atoms with E-state index in [0.717, 1.165) is 25.2 Å². The van der Waals surface area contributed by atoms with Gasteiger partial charge in [-0.1, -0.05) is 12.1 Å². The number of piperazine rings is 1. The minimum Gasteiger partial charge on any atom is -0.326 e. The zero-order chi connectivity index (χ0) is 14.9. The summed E-state index contributed by atoms with van der Waals surface area (Å²) in [7, 11) is 2.15. The maximum atomic E-state index is 13.5. The van der Waals surface area contributed by atoms with Gasteiger partial charge in [0, 0.05) is 37.3 Å². The van der Waals surface area contributed by atoms with Crippen molar-refractivity contribution in [3.05, 3.63) is 35.6 Å². The molecule has 1 heterocycles. The van der Waals surface area contributed by atoms with E-state index in [0.29, 0.717) is 0 Å². The number of benzene rings is 1. The highest BCUT2D eigenvalue weighted by Gasteiger charge is 2.35. The Labute approximate surface area is 121 Å². The molecule has 0 saturated carbocycles. The first-order chi connectivity index (χ1) is 9.31. The van der Waals surface area contributed by atoms with Crippen LogP contribution in [0.2, 0.25) is 0 Å². The third kappa shape index (κ3) is 3.19. The molecule has 1 aliphatic rings. The van der Waals surface area contributed by atoms with Crippen LogP contribution >= 0.6 is 0 Å². The molecule has 2 N–H and O–H groups in total. The summed E-state index contributed by atoms with van der Waals surface area (Å²) in [5.41, 5.74) is 7.28. The van der Waals surface area contributed by atoms with E-state index >= 15 is 0 Å². The first kappa shape index (κ1) is 15.4. The van der Waals surface area contributed by atoms with Crippen LogP contribution in [0.5, 0.6) is 0 Å². The standard InChI is InChI=1S/C16H26FN3/c1-12(18)15(13-6-5-7-14(17)10-13)20-9-8-19(4)16(2,3)11-20/h5-7,10,12,15H,8-9,11,18H2,1-4H3. The van der Waals surface area contributed by atoms with Gasteiger partial charge in [0.25, 0.3) is 0 Å². The van der Waals surface area contributed by atoms with Gasteiger partial charge in [-0.15, -0.1) is 0 Å². The first-order valence-corrected chi connectivity index (χ1v) is 7.27. The summed E-state index contributed by atoms with van der Waals surface area (Å²) < 4.78 is 13.5. The van der Waals surface area contributed by atoms with Gasteiger partial charge in [-0.2, -0.15) is 0 Å². The molecule has 20 heavy (non-hydrogen) atoms. The highest BCUT2D eigenvalue weighted by Crippen LogP contribution is 2.29. The quantitative estimate of drug-likeness (QED) is 0.921. The van der Waals surface area contributed by atoms with Crippen molar-refractivity contribution in [3.8, 4) is 0 Å². The van der Waals surface area contributed by atoms with E-state index in [1.54, 1.807) is 12.1 Å². The monoisotopic (exact) mass is 279 g/mol. The molecular formula is C16H26FN3. The normalized spacial score (nSPS) is 23.5. The minimum absolute atomic E-state index is 0.0315. The molecule has 2 unspecified atom stereocenters. The third-order valence-corrected chi connectivity index (χ3v) is 4.43. The van der Waals surface area contributed by atoms with Gasteiger partial charge in [-0.05, 0) is 45.5 Å². The maximum Gasteiger partial charge on any atom is 0.123 e. The lowest BCUT2D eigenvalue weighted by molar-refractivity contribution is 0.0112. The SMILES string of the molecule is CC(N)C(c1cccc(F)c1)N1CCN(C)C(C)(C)C1. The number of hydrogen-bond acceptors (Lipinski definition) is 3. The smallest absolute Gasteiger partial charge is 0.123 e. The fraction of sp³-hybridized carbons (Fsp3) is 0.625. The van der Waals surface area contributed by atoms with E-state index < -0.39 is 0 Å². The van der Waals surface area contributed by atoms with Gasteiger partial charge >= 0.3 is 0 Å². The molecule has 0 aliphatic carbocycles. The predicted octanol–water partition coefficient (Wildman–Crippen LogP) is 2.24. The van der Waals surface area contributed by atoms with Crippen molar-refractivity contribution in [2.75, 3.05) is 26.7 Å². The van der Waals surface area contributed by atoms with Crippen LogP contribution in [0.25, 0.3) is 0 Å². The molecule has 1 aromatic carbocycles. The lowest BCUT2D eigenvalue weighted by Gasteiger charge is -2.48. The molecule has 0 radical (unpaired) electrons. The maximum absolute atomic E-state index is 13.5. The van der Waals surface area contributed by atoms with Gasteiger partial charge in [0.15, 0.2) is 0 Å². The summed E-state index contributed by atoms with van der Waals surface area (Å²) in [6.45, 7) is 9.38. The van der Waals surface area contributed by atoms with Crippen molar-refractivity contribution >= 4 is 0 Å². The number of hydrogen-bond donors (Lipinski definition) is 1. The lowest BCUT2D eigenvalue weighted by Crippen LogP contribution is -2.59. The fourth-order valence-corrected chi connectivity index (χ4v) is 3.05. The molecule has 112 valence electrons. The summed E-state index contributed by atoms with van der Waals surface area (Å²) in [5.74, 6) is -0.193. The summed E-state index contributed by atoms with van der Waals surface area (Å²) in [6.07, 6.45) is 0. The van der Waals surface area contributed by atoms with E-state index in [2.05, 4.69) is 30.7 Å². The van der Waals surface area contributed by atoms with Crippen molar-refractivity contribution in [2.24, 2.45) is 5.73 Å². The van der Waals surface area contributed by atoms with Crippen molar-refractivity contribution in [1.82, 2.24) is 9.80 Å². The van der Waals surface area contributed by atoms with Crippen LogP contribution < -0.4 is 5.73 Å². The molecular weight excluding hydrogens is 253 g/mol. The molecule has 2 rings (SSSR count). The Balaban J connectivity index is 2.26. The average Bonchev–Trinajstić information content (AvgIpc) is 2.33. The van der Waals surface area contributed by atoms with Crippen LogP contribution in [0.15, 0.2) is 24.3 Å². The second kappa shape index (κ2) is 5.80. The third-order valence-electron chi connectivity index (χ3n) is 4.43. The average molecular weight is 279 g/mol. The number of likely N-dealkylation sites (N-methyl/N-ethyl adjacent to an activating group) is 1. The second-order valence-electron chi connectivity index (χ2n) is 6.56. The molecule has 4 heteroatoms.